The van der Waals surface area contributed by atoms with Gasteiger partial charge in [-0.2, -0.15) is 0 Å². The van der Waals surface area contributed by atoms with Crippen molar-refractivity contribution in [1.82, 2.24) is 0 Å². The highest BCUT2D eigenvalue weighted by molar-refractivity contribution is 6.00. The topological polar surface area (TPSA) is 37.3 Å². The van der Waals surface area contributed by atoms with E-state index in [-0.39, 0.29) is 5.78 Å². The summed E-state index contributed by atoms with van der Waals surface area (Å²) >= 11 is 0. The van der Waals surface area contributed by atoms with E-state index >= 15 is 0 Å². The Morgan fingerprint density at radius 3 is 2.05 bits per heavy atom. The fraction of sp³-hybridized carbons (Fsp3) is 0.211. The highest BCUT2D eigenvalue weighted by Crippen LogP contribution is 2.21. The highest BCUT2D eigenvalue weighted by Gasteiger charge is 2.32. The van der Waals surface area contributed by atoms with Gasteiger partial charge in [0.05, 0.1) is 5.60 Å². The molecule has 2 rings (SSSR count). The van der Waals surface area contributed by atoms with Crippen molar-refractivity contribution in [1.29, 1.82) is 0 Å². The Labute approximate surface area is 125 Å². The maximum Gasteiger partial charge on any atom is 0.180 e. The lowest BCUT2D eigenvalue weighted by Crippen LogP contribution is -2.35. The molecule has 1 N–H and O–H groups in total. The van der Waals surface area contributed by atoms with Gasteiger partial charge in [-0.15, -0.1) is 0 Å². The van der Waals surface area contributed by atoms with E-state index in [1.54, 1.807) is 38.1 Å². The van der Waals surface area contributed by atoms with Crippen LogP contribution >= 0.6 is 0 Å². The molecule has 0 spiro atoms. The van der Waals surface area contributed by atoms with Gasteiger partial charge in [-0.05, 0) is 26.0 Å². The summed E-state index contributed by atoms with van der Waals surface area (Å²) < 4.78 is 0. The Bertz CT molecular complexity index is 655. The third kappa shape index (κ3) is 4.05. The van der Waals surface area contributed by atoms with Crippen LogP contribution in [-0.4, -0.2) is 16.5 Å². The molecule has 0 aliphatic carbocycles. The van der Waals surface area contributed by atoms with Crippen molar-refractivity contribution < 1.29 is 9.90 Å². The quantitative estimate of drug-likeness (QED) is 0.691. The fourth-order valence-corrected chi connectivity index (χ4v) is 2.01. The van der Waals surface area contributed by atoms with Crippen molar-refractivity contribution in [3.63, 3.8) is 0 Å². The van der Waals surface area contributed by atoms with Crippen LogP contribution in [0.25, 0.3) is 0 Å². The van der Waals surface area contributed by atoms with Gasteiger partial charge in [0.1, 0.15) is 5.92 Å². The first-order valence-corrected chi connectivity index (χ1v) is 6.87. The first kappa shape index (κ1) is 15.0. The number of rotatable bonds is 3. The molecule has 0 saturated carbocycles. The van der Waals surface area contributed by atoms with Gasteiger partial charge in [0.25, 0.3) is 0 Å². The smallest absolute Gasteiger partial charge is 0.180 e. The van der Waals surface area contributed by atoms with Gasteiger partial charge in [0, 0.05) is 11.1 Å². The highest BCUT2D eigenvalue weighted by atomic mass is 16.3. The van der Waals surface area contributed by atoms with Gasteiger partial charge in [-0.3, -0.25) is 4.79 Å². The molecule has 2 heteroatoms. The molecule has 1 atom stereocenters. The molecule has 106 valence electrons. The van der Waals surface area contributed by atoms with Crippen molar-refractivity contribution in [2.75, 3.05) is 0 Å². The number of hydrogen-bond donors (Lipinski definition) is 1. The fourth-order valence-electron chi connectivity index (χ4n) is 2.01. The number of aliphatic hydroxyl groups is 1. The average molecular weight is 278 g/mol. The minimum Gasteiger partial charge on any atom is -0.389 e. The van der Waals surface area contributed by atoms with Crippen LogP contribution in [0.15, 0.2) is 60.7 Å². The summed E-state index contributed by atoms with van der Waals surface area (Å²) in [5, 5.41) is 10.3. The molecule has 0 amide bonds. The third-order valence-electron chi connectivity index (χ3n) is 3.16. The molecular weight excluding hydrogens is 260 g/mol. The predicted octanol–water partition coefficient (Wildman–Crippen LogP) is 3.31. The molecule has 0 bridgehead atoms. The van der Waals surface area contributed by atoms with Crippen molar-refractivity contribution in [2.24, 2.45) is 5.92 Å². The summed E-state index contributed by atoms with van der Waals surface area (Å²) in [6.45, 7) is 3.22. The second kappa shape index (κ2) is 6.39. The van der Waals surface area contributed by atoms with E-state index in [4.69, 9.17) is 0 Å². The molecule has 1 unspecified atom stereocenters. The van der Waals surface area contributed by atoms with Crippen molar-refractivity contribution >= 4 is 5.78 Å². The van der Waals surface area contributed by atoms with E-state index in [0.29, 0.717) is 5.56 Å². The molecule has 0 aliphatic heterocycles. The van der Waals surface area contributed by atoms with Crippen molar-refractivity contribution in [3.05, 3.63) is 71.8 Å². The van der Waals surface area contributed by atoms with Crippen LogP contribution in [0.5, 0.6) is 0 Å². The standard InChI is InChI=1S/C19H18O2/c1-19(2,21)17(14-13-15-9-5-3-6-10-15)18(20)16-11-7-4-8-12-16/h3-12,17,21H,1-2H3. The van der Waals surface area contributed by atoms with E-state index in [0.717, 1.165) is 5.56 Å². The van der Waals surface area contributed by atoms with E-state index in [2.05, 4.69) is 11.8 Å². The number of hydrogen-bond acceptors (Lipinski definition) is 2. The van der Waals surface area contributed by atoms with Gasteiger partial charge < -0.3 is 5.11 Å². The molecule has 2 aromatic rings. The van der Waals surface area contributed by atoms with Crippen LogP contribution in [0, 0.1) is 17.8 Å². The zero-order chi connectivity index (χ0) is 15.3. The van der Waals surface area contributed by atoms with E-state index in [1.165, 1.54) is 0 Å². The summed E-state index contributed by atoms with van der Waals surface area (Å²) in [6.07, 6.45) is 0. The summed E-state index contributed by atoms with van der Waals surface area (Å²) in [6, 6.07) is 18.4. The van der Waals surface area contributed by atoms with E-state index in [9.17, 15) is 9.90 Å². The van der Waals surface area contributed by atoms with Gasteiger partial charge in [0.2, 0.25) is 0 Å². The van der Waals surface area contributed by atoms with Gasteiger partial charge in [-0.1, -0.05) is 60.4 Å². The molecule has 0 fully saturated rings. The molecule has 0 aliphatic rings. The summed E-state index contributed by atoms with van der Waals surface area (Å²) in [5.74, 6) is 4.97. The van der Waals surface area contributed by atoms with Gasteiger partial charge >= 0.3 is 0 Å². The SMILES string of the molecule is CC(C)(O)C(C#Cc1ccccc1)C(=O)c1ccccc1. The summed E-state index contributed by atoms with van der Waals surface area (Å²) in [7, 11) is 0. The third-order valence-corrected chi connectivity index (χ3v) is 3.16. The van der Waals surface area contributed by atoms with E-state index in [1.807, 2.05) is 36.4 Å². The van der Waals surface area contributed by atoms with Crippen LogP contribution in [0.2, 0.25) is 0 Å². The van der Waals surface area contributed by atoms with Gasteiger partial charge in [0.15, 0.2) is 5.78 Å². The number of carbonyl (C=O) groups excluding carboxylic acids is 1. The molecule has 2 aromatic carbocycles. The summed E-state index contributed by atoms with van der Waals surface area (Å²) in [5.41, 5.74) is 0.189. The first-order valence-electron chi connectivity index (χ1n) is 6.87. The number of benzene rings is 2. The maximum atomic E-state index is 12.6. The van der Waals surface area contributed by atoms with E-state index < -0.39 is 11.5 Å². The van der Waals surface area contributed by atoms with Gasteiger partial charge in [-0.25, -0.2) is 0 Å². The van der Waals surface area contributed by atoms with Crippen LogP contribution in [-0.2, 0) is 0 Å². The molecule has 0 radical (unpaired) electrons. The largest absolute Gasteiger partial charge is 0.389 e. The molecule has 2 nitrogen and oxygen atoms in total. The van der Waals surface area contributed by atoms with Crippen molar-refractivity contribution in [2.45, 2.75) is 19.4 Å². The summed E-state index contributed by atoms with van der Waals surface area (Å²) in [4.78, 5) is 12.6. The van der Waals surface area contributed by atoms with Crippen LogP contribution in [0.3, 0.4) is 0 Å². The lowest BCUT2D eigenvalue weighted by Gasteiger charge is -2.23. The second-order valence-electron chi connectivity index (χ2n) is 5.45. The average Bonchev–Trinajstić information content (AvgIpc) is 2.48. The van der Waals surface area contributed by atoms with Crippen LogP contribution in [0.4, 0.5) is 0 Å². The lowest BCUT2D eigenvalue weighted by atomic mass is 9.84. The Balaban J connectivity index is 2.33. The normalized spacial score (nSPS) is 12.1. The Morgan fingerprint density at radius 1 is 1.00 bits per heavy atom. The minimum absolute atomic E-state index is 0.161. The lowest BCUT2D eigenvalue weighted by molar-refractivity contribution is 0.0370. The van der Waals surface area contributed by atoms with Crippen LogP contribution < -0.4 is 0 Å². The van der Waals surface area contributed by atoms with Crippen molar-refractivity contribution in [3.8, 4) is 11.8 Å². The molecular formula is C19H18O2. The molecule has 21 heavy (non-hydrogen) atoms. The minimum atomic E-state index is -1.20. The number of carbonyl (C=O) groups is 1. The number of Topliss-reactive ketones (excluding diaryl/α,β-unsaturated/α-hetero) is 1. The Morgan fingerprint density at radius 2 is 1.52 bits per heavy atom. The Hall–Kier alpha value is -2.37. The zero-order valence-electron chi connectivity index (χ0n) is 12.2. The molecule has 0 heterocycles. The van der Waals surface area contributed by atoms with Crippen LogP contribution in [0.1, 0.15) is 29.8 Å². The predicted molar refractivity (Wildman–Crippen MR) is 83.9 cm³/mol. The second-order valence-corrected chi connectivity index (χ2v) is 5.45. The molecule has 0 saturated heterocycles. The first-order chi connectivity index (χ1) is 9.98. The number of ketones is 1. The monoisotopic (exact) mass is 278 g/mol. The zero-order valence-corrected chi connectivity index (χ0v) is 12.2. The Kier molecular flexibility index (Phi) is 4.57. The molecule has 0 aromatic heterocycles. The maximum absolute atomic E-state index is 12.6.